The van der Waals surface area contributed by atoms with E-state index in [0.717, 1.165) is 30.6 Å². The molecule has 6 heteroatoms. The highest BCUT2D eigenvalue weighted by atomic mass is 32.1. The molecular weight excluding hydrogens is 272 g/mol. The third kappa shape index (κ3) is 3.54. The van der Waals surface area contributed by atoms with Crippen molar-refractivity contribution in [2.45, 2.75) is 26.7 Å². The molecule has 106 valence electrons. The molecule has 0 bridgehead atoms. The van der Waals surface area contributed by atoms with Gasteiger partial charge >= 0.3 is 0 Å². The lowest BCUT2D eigenvalue weighted by molar-refractivity contribution is 0.102. The summed E-state index contributed by atoms with van der Waals surface area (Å²) in [5, 5.41) is 14.8. The van der Waals surface area contributed by atoms with E-state index in [1.54, 1.807) is 0 Å². The molecule has 1 aromatic heterocycles. The molecule has 1 amide bonds. The molecule has 0 saturated heterocycles. The van der Waals surface area contributed by atoms with E-state index in [0.29, 0.717) is 10.1 Å². The maximum absolute atomic E-state index is 12.2. The molecule has 0 saturated carbocycles. The number of hydrogen-bond acceptors (Lipinski definition) is 5. The third-order valence-electron chi connectivity index (χ3n) is 2.73. The number of amides is 1. The standard InChI is InChI=1S/C14H18N4OS/c1-3-7-10-8-5-6-9-11(10)16-12(19)13-17-18-14(20-13)15-4-2/h5-6,8-9H,3-4,7H2,1-2H3,(H,15,18)(H,16,19). The maximum Gasteiger partial charge on any atom is 0.286 e. The number of nitrogens with zero attached hydrogens (tertiary/aromatic N) is 2. The second-order valence-electron chi connectivity index (χ2n) is 4.30. The van der Waals surface area contributed by atoms with Gasteiger partial charge in [-0.15, -0.1) is 10.2 Å². The van der Waals surface area contributed by atoms with Crippen LogP contribution < -0.4 is 10.6 Å². The first-order valence-electron chi connectivity index (χ1n) is 6.71. The van der Waals surface area contributed by atoms with Crippen molar-refractivity contribution in [1.29, 1.82) is 0 Å². The highest BCUT2D eigenvalue weighted by molar-refractivity contribution is 7.17. The van der Waals surface area contributed by atoms with Gasteiger partial charge in [0.05, 0.1) is 0 Å². The van der Waals surface area contributed by atoms with Crippen LogP contribution in [0.25, 0.3) is 0 Å². The molecule has 0 radical (unpaired) electrons. The van der Waals surface area contributed by atoms with Crippen molar-refractivity contribution in [2.75, 3.05) is 17.2 Å². The van der Waals surface area contributed by atoms with Crippen LogP contribution >= 0.6 is 11.3 Å². The van der Waals surface area contributed by atoms with Gasteiger partial charge in [0.1, 0.15) is 0 Å². The lowest BCUT2D eigenvalue weighted by Gasteiger charge is -2.08. The molecule has 0 spiro atoms. The summed E-state index contributed by atoms with van der Waals surface area (Å²) in [7, 11) is 0. The smallest absolute Gasteiger partial charge is 0.286 e. The molecule has 1 heterocycles. The number of aromatic nitrogens is 2. The minimum atomic E-state index is -0.213. The van der Waals surface area contributed by atoms with Crippen molar-refractivity contribution in [1.82, 2.24) is 10.2 Å². The Morgan fingerprint density at radius 3 is 2.80 bits per heavy atom. The molecule has 1 aromatic carbocycles. The maximum atomic E-state index is 12.2. The van der Waals surface area contributed by atoms with E-state index < -0.39 is 0 Å². The number of para-hydroxylation sites is 1. The van der Waals surface area contributed by atoms with Gasteiger partial charge in [-0.05, 0) is 25.0 Å². The second kappa shape index (κ2) is 7.00. The molecule has 0 aliphatic rings. The number of rotatable bonds is 6. The first-order valence-corrected chi connectivity index (χ1v) is 7.52. The number of nitrogens with one attached hydrogen (secondary N) is 2. The molecular formula is C14H18N4OS. The van der Waals surface area contributed by atoms with Crippen LogP contribution in [0.1, 0.15) is 35.6 Å². The number of benzene rings is 1. The minimum absolute atomic E-state index is 0.213. The summed E-state index contributed by atoms with van der Waals surface area (Å²) >= 11 is 1.26. The Morgan fingerprint density at radius 1 is 1.25 bits per heavy atom. The lowest BCUT2D eigenvalue weighted by Crippen LogP contribution is -2.13. The van der Waals surface area contributed by atoms with Crippen LogP contribution in [0.3, 0.4) is 0 Å². The van der Waals surface area contributed by atoms with Crippen LogP contribution in [-0.4, -0.2) is 22.6 Å². The van der Waals surface area contributed by atoms with Crippen LogP contribution in [0.15, 0.2) is 24.3 Å². The van der Waals surface area contributed by atoms with Crippen LogP contribution in [-0.2, 0) is 6.42 Å². The van der Waals surface area contributed by atoms with Gasteiger partial charge in [0.25, 0.3) is 5.91 Å². The highest BCUT2D eigenvalue weighted by Crippen LogP contribution is 2.20. The Hall–Kier alpha value is -1.95. The largest absolute Gasteiger partial charge is 0.360 e. The molecule has 2 N–H and O–H groups in total. The van der Waals surface area contributed by atoms with Crippen molar-refractivity contribution in [2.24, 2.45) is 0 Å². The number of carbonyl (C=O) groups is 1. The topological polar surface area (TPSA) is 66.9 Å². The van der Waals surface area contributed by atoms with Gasteiger partial charge in [0, 0.05) is 12.2 Å². The van der Waals surface area contributed by atoms with Crippen LogP contribution in [0, 0.1) is 0 Å². The lowest BCUT2D eigenvalue weighted by atomic mass is 10.1. The predicted octanol–water partition coefficient (Wildman–Crippen LogP) is 3.17. The third-order valence-corrected chi connectivity index (χ3v) is 3.61. The Balaban J connectivity index is 2.10. The molecule has 0 unspecified atom stereocenters. The van der Waals surface area contributed by atoms with Crippen molar-refractivity contribution in [3.63, 3.8) is 0 Å². The van der Waals surface area contributed by atoms with Gasteiger partial charge in [0.2, 0.25) is 10.1 Å². The zero-order valence-electron chi connectivity index (χ0n) is 11.6. The average molecular weight is 290 g/mol. The Kier molecular flexibility index (Phi) is 5.06. The summed E-state index contributed by atoms with van der Waals surface area (Å²) in [6.07, 6.45) is 1.98. The van der Waals surface area contributed by atoms with Crippen molar-refractivity contribution >= 4 is 28.1 Å². The molecule has 2 aromatic rings. The fraction of sp³-hybridized carbons (Fsp3) is 0.357. The van der Waals surface area contributed by atoms with Gasteiger partial charge in [0.15, 0.2) is 0 Å². The van der Waals surface area contributed by atoms with E-state index in [-0.39, 0.29) is 5.91 Å². The van der Waals surface area contributed by atoms with Gasteiger partial charge in [-0.1, -0.05) is 42.9 Å². The summed E-state index contributed by atoms with van der Waals surface area (Å²) in [5.41, 5.74) is 1.99. The molecule has 0 aliphatic heterocycles. The molecule has 0 fully saturated rings. The van der Waals surface area contributed by atoms with Crippen molar-refractivity contribution < 1.29 is 4.79 Å². The quantitative estimate of drug-likeness (QED) is 0.857. The summed E-state index contributed by atoms with van der Waals surface area (Å²) < 4.78 is 0. The average Bonchev–Trinajstić information content (AvgIpc) is 2.90. The normalized spacial score (nSPS) is 10.3. The van der Waals surface area contributed by atoms with Gasteiger partial charge in [-0.3, -0.25) is 4.79 Å². The monoisotopic (exact) mass is 290 g/mol. The van der Waals surface area contributed by atoms with E-state index >= 15 is 0 Å². The molecule has 0 atom stereocenters. The van der Waals surface area contributed by atoms with Crippen molar-refractivity contribution in [3.05, 3.63) is 34.8 Å². The zero-order chi connectivity index (χ0) is 14.4. The highest BCUT2D eigenvalue weighted by Gasteiger charge is 2.14. The summed E-state index contributed by atoms with van der Waals surface area (Å²) in [6, 6.07) is 7.84. The summed E-state index contributed by atoms with van der Waals surface area (Å²) in [6.45, 7) is 4.85. The minimum Gasteiger partial charge on any atom is -0.360 e. The van der Waals surface area contributed by atoms with E-state index in [2.05, 4.69) is 27.8 Å². The fourth-order valence-electron chi connectivity index (χ4n) is 1.84. The Morgan fingerprint density at radius 2 is 2.05 bits per heavy atom. The number of anilines is 2. The van der Waals surface area contributed by atoms with Crippen LogP contribution in [0.5, 0.6) is 0 Å². The molecule has 20 heavy (non-hydrogen) atoms. The van der Waals surface area contributed by atoms with Crippen molar-refractivity contribution in [3.8, 4) is 0 Å². The van der Waals surface area contributed by atoms with E-state index in [1.165, 1.54) is 11.3 Å². The Labute approximate surface area is 122 Å². The summed E-state index contributed by atoms with van der Waals surface area (Å²) in [4.78, 5) is 12.2. The number of carbonyl (C=O) groups excluding carboxylic acids is 1. The van der Waals surface area contributed by atoms with Gasteiger partial charge in [-0.2, -0.15) is 0 Å². The van der Waals surface area contributed by atoms with E-state index in [4.69, 9.17) is 0 Å². The summed E-state index contributed by atoms with van der Waals surface area (Å²) in [5.74, 6) is -0.213. The van der Waals surface area contributed by atoms with Gasteiger partial charge in [-0.25, -0.2) is 0 Å². The van der Waals surface area contributed by atoms with E-state index in [1.807, 2.05) is 31.2 Å². The zero-order valence-corrected chi connectivity index (χ0v) is 12.5. The van der Waals surface area contributed by atoms with Crippen LogP contribution in [0.4, 0.5) is 10.8 Å². The molecule has 0 aliphatic carbocycles. The molecule has 5 nitrogen and oxygen atoms in total. The van der Waals surface area contributed by atoms with Gasteiger partial charge < -0.3 is 10.6 Å². The second-order valence-corrected chi connectivity index (χ2v) is 5.28. The number of aryl methyl sites for hydroxylation is 1. The Bertz CT molecular complexity index is 582. The first-order chi connectivity index (χ1) is 9.74. The van der Waals surface area contributed by atoms with E-state index in [9.17, 15) is 4.79 Å². The number of hydrogen-bond donors (Lipinski definition) is 2. The van der Waals surface area contributed by atoms with Crippen LogP contribution in [0.2, 0.25) is 0 Å². The predicted molar refractivity (Wildman–Crippen MR) is 82.5 cm³/mol. The first kappa shape index (κ1) is 14.5. The molecule has 2 rings (SSSR count). The fourth-order valence-corrected chi connectivity index (χ4v) is 2.55. The SMILES string of the molecule is CCCc1ccccc1NC(=O)c1nnc(NCC)s1.